The molecule has 0 aliphatic carbocycles. The Bertz CT molecular complexity index is 1100. The van der Waals surface area contributed by atoms with Crippen molar-refractivity contribution in [3.8, 4) is 0 Å². The number of sulfonamides is 1. The molecule has 1 heterocycles. The number of rotatable bonds is 10. The minimum Gasteiger partial charge on any atom is -0.350 e. The van der Waals surface area contributed by atoms with Crippen molar-refractivity contribution in [2.75, 3.05) is 13.1 Å². The van der Waals surface area contributed by atoms with Crippen LogP contribution in [0, 0.1) is 0 Å². The van der Waals surface area contributed by atoms with Gasteiger partial charge in [0.05, 0.1) is 11.4 Å². The fourth-order valence-corrected chi connectivity index (χ4v) is 4.49. The minimum absolute atomic E-state index is 0.0795. The van der Waals surface area contributed by atoms with Gasteiger partial charge in [-0.3, -0.25) is 9.59 Å². The van der Waals surface area contributed by atoms with Crippen LogP contribution in [0.15, 0.2) is 77.0 Å². The molecule has 3 rings (SSSR count). The fraction of sp³-hybridized carbons (Fsp3) is 0.182. The van der Waals surface area contributed by atoms with Crippen LogP contribution in [0.4, 0.5) is 0 Å². The first-order chi connectivity index (χ1) is 14.9. The predicted molar refractivity (Wildman–Crippen MR) is 120 cm³/mol. The van der Waals surface area contributed by atoms with Gasteiger partial charge in [0.25, 0.3) is 5.91 Å². The summed E-state index contributed by atoms with van der Waals surface area (Å²) in [4.78, 5) is 25.3. The molecule has 0 saturated heterocycles. The van der Waals surface area contributed by atoms with Gasteiger partial charge < -0.3 is 10.6 Å². The second-order valence-electron chi connectivity index (χ2n) is 6.70. The van der Waals surface area contributed by atoms with E-state index in [1.807, 2.05) is 47.8 Å². The first kappa shape index (κ1) is 22.7. The van der Waals surface area contributed by atoms with Crippen LogP contribution in [-0.4, -0.2) is 33.3 Å². The Balaban J connectivity index is 1.46. The highest BCUT2D eigenvalue weighted by Gasteiger charge is 2.15. The Hall–Kier alpha value is -3.01. The van der Waals surface area contributed by atoms with Crippen molar-refractivity contribution < 1.29 is 18.0 Å². The largest absolute Gasteiger partial charge is 0.350 e. The van der Waals surface area contributed by atoms with E-state index in [0.29, 0.717) is 19.5 Å². The Labute approximate surface area is 185 Å². The van der Waals surface area contributed by atoms with E-state index in [1.165, 1.54) is 24.3 Å². The first-order valence-electron chi connectivity index (χ1n) is 9.65. The zero-order valence-corrected chi connectivity index (χ0v) is 18.3. The molecule has 0 aliphatic rings. The van der Waals surface area contributed by atoms with Crippen LogP contribution >= 0.6 is 11.3 Å². The molecule has 2 amide bonds. The lowest BCUT2D eigenvalue weighted by molar-refractivity contribution is -0.120. The second-order valence-corrected chi connectivity index (χ2v) is 9.50. The molecule has 1 aromatic heterocycles. The zero-order chi connectivity index (χ0) is 22.1. The number of carbonyl (C=O) groups excluding carboxylic acids is 2. The molecule has 0 atom stereocenters. The third kappa shape index (κ3) is 7.02. The van der Waals surface area contributed by atoms with Crippen LogP contribution in [0.5, 0.6) is 0 Å². The molecule has 0 aliphatic heterocycles. The van der Waals surface area contributed by atoms with Gasteiger partial charge in [-0.25, -0.2) is 13.1 Å². The van der Waals surface area contributed by atoms with E-state index in [9.17, 15) is 18.0 Å². The average Bonchev–Trinajstić information content (AvgIpc) is 3.30. The Morgan fingerprint density at radius 2 is 1.61 bits per heavy atom. The highest BCUT2D eigenvalue weighted by molar-refractivity contribution is 7.89. The van der Waals surface area contributed by atoms with Gasteiger partial charge in [0.1, 0.15) is 0 Å². The third-order valence-corrected chi connectivity index (χ3v) is 6.83. The first-order valence-corrected chi connectivity index (χ1v) is 12.0. The zero-order valence-electron chi connectivity index (χ0n) is 16.7. The van der Waals surface area contributed by atoms with Crippen LogP contribution < -0.4 is 15.4 Å². The predicted octanol–water partition coefficient (Wildman–Crippen LogP) is 2.32. The van der Waals surface area contributed by atoms with Crippen LogP contribution in [0.2, 0.25) is 0 Å². The molecule has 0 unspecified atom stereocenters. The van der Waals surface area contributed by atoms with Crippen LogP contribution in [-0.2, 0) is 27.8 Å². The molecule has 3 aromatic rings. The van der Waals surface area contributed by atoms with Crippen molar-refractivity contribution in [1.29, 1.82) is 0 Å². The van der Waals surface area contributed by atoms with E-state index in [4.69, 9.17) is 0 Å². The Kier molecular flexibility index (Phi) is 7.94. The number of nitrogens with one attached hydrogen (secondary N) is 3. The van der Waals surface area contributed by atoms with E-state index >= 15 is 0 Å². The molecule has 31 heavy (non-hydrogen) atoms. The molecule has 2 aromatic carbocycles. The molecule has 7 nitrogen and oxygen atoms in total. The molecule has 0 saturated carbocycles. The van der Waals surface area contributed by atoms with Crippen molar-refractivity contribution >= 4 is 33.2 Å². The van der Waals surface area contributed by atoms with Crippen LogP contribution in [0.25, 0.3) is 0 Å². The molecular weight excluding hydrogens is 434 g/mol. The quantitative estimate of drug-likeness (QED) is 0.435. The second kappa shape index (κ2) is 10.9. The standard InChI is InChI=1S/C22H23N3O4S2/c26-21(23-15-17-5-2-1-3-6-17)16-24-22(27)18-8-10-20(11-9-18)31(28,29)25-13-12-19-7-4-14-30-19/h1-11,14,25H,12-13,15-16H2,(H,23,26)(H,24,27). The summed E-state index contributed by atoms with van der Waals surface area (Å²) in [7, 11) is -3.66. The lowest BCUT2D eigenvalue weighted by Crippen LogP contribution is -2.36. The summed E-state index contributed by atoms with van der Waals surface area (Å²) in [6.07, 6.45) is 0.615. The lowest BCUT2D eigenvalue weighted by atomic mass is 10.2. The number of thiophene rings is 1. The summed E-state index contributed by atoms with van der Waals surface area (Å²) < 4.78 is 27.3. The lowest BCUT2D eigenvalue weighted by Gasteiger charge is -2.09. The molecule has 9 heteroatoms. The van der Waals surface area contributed by atoms with Gasteiger partial charge in [-0.1, -0.05) is 36.4 Å². The highest BCUT2D eigenvalue weighted by Crippen LogP contribution is 2.12. The fourth-order valence-electron chi connectivity index (χ4n) is 2.75. The van der Waals surface area contributed by atoms with Crippen molar-refractivity contribution in [2.24, 2.45) is 0 Å². The monoisotopic (exact) mass is 457 g/mol. The number of benzene rings is 2. The number of hydrogen-bond acceptors (Lipinski definition) is 5. The van der Waals surface area contributed by atoms with Crippen molar-refractivity contribution in [1.82, 2.24) is 15.4 Å². The topological polar surface area (TPSA) is 104 Å². The van der Waals surface area contributed by atoms with Gasteiger partial charge >= 0.3 is 0 Å². The van der Waals surface area contributed by atoms with E-state index in [0.717, 1.165) is 10.4 Å². The van der Waals surface area contributed by atoms with E-state index in [1.54, 1.807) is 11.3 Å². The van der Waals surface area contributed by atoms with E-state index in [-0.39, 0.29) is 22.9 Å². The summed E-state index contributed by atoms with van der Waals surface area (Å²) in [6.45, 7) is 0.501. The molecule has 3 N–H and O–H groups in total. The van der Waals surface area contributed by atoms with Gasteiger partial charge in [0, 0.05) is 23.5 Å². The van der Waals surface area contributed by atoms with Gasteiger partial charge in [-0.05, 0) is 47.7 Å². The molecule has 0 radical (unpaired) electrons. The van der Waals surface area contributed by atoms with E-state index < -0.39 is 15.9 Å². The molecule has 162 valence electrons. The smallest absolute Gasteiger partial charge is 0.251 e. The summed E-state index contributed by atoms with van der Waals surface area (Å²) >= 11 is 1.58. The third-order valence-electron chi connectivity index (χ3n) is 4.41. The van der Waals surface area contributed by atoms with Crippen molar-refractivity contribution in [3.63, 3.8) is 0 Å². The van der Waals surface area contributed by atoms with Crippen molar-refractivity contribution in [3.05, 3.63) is 88.1 Å². The molecule has 0 fully saturated rings. The SMILES string of the molecule is O=C(CNC(=O)c1ccc(S(=O)(=O)NCCc2cccs2)cc1)NCc1ccccc1. The van der Waals surface area contributed by atoms with Gasteiger partial charge in [-0.2, -0.15) is 0 Å². The van der Waals surface area contributed by atoms with Gasteiger partial charge in [0.15, 0.2) is 0 Å². The van der Waals surface area contributed by atoms with E-state index in [2.05, 4.69) is 15.4 Å². The Morgan fingerprint density at radius 1 is 0.871 bits per heavy atom. The summed E-state index contributed by atoms with van der Waals surface area (Å²) in [5.74, 6) is -0.768. The number of hydrogen-bond donors (Lipinski definition) is 3. The summed E-state index contributed by atoms with van der Waals surface area (Å²) in [5, 5.41) is 7.20. The number of carbonyl (C=O) groups is 2. The van der Waals surface area contributed by atoms with Gasteiger partial charge in [0.2, 0.25) is 15.9 Å². The van der Waals surface area contributed by atoms with Gasteiger partial charge in [-0.15, -0.1) is 11.3 Å². The Morgan fingerprint density at radius 3 is 2.29 bits per heavy atom. The van der Waals surface area contributed by atoms with Crippen LogP contribution in [0.1, 0.15) is 20.8 Å². The maximum absolute atomic E-state index is 12.4. The molecular formula is C22H23N3O4S2. The maximum atomic E-state index is 12.4. The minimum atomic E-state index is -3.66. The normalized spacial score (nSPS) is 11.1. The maximum Gasteiger partial charge on any atom is 0.251 e. The average molecular weight is 458 g/mol. The van der Waals surface area contributed by atoms with Crippen molar-refractivity contribution in [2.45, 2.75) is 17.9 Å². The van der Waals surface area contributed by atoms with Crippen LogP contribution in [0.3, 0.4) is 0 Å². The molecule has 0 bridgehead atoms. The number of amides is 2. The summed E-state index contributed by atoms with van der Waals surface area (Å²) in [5.41, 5.74) is 1.23. The molecule has 0 spiro atoms. The highest BCUT2D eigenvalue weighted by atomic mass is 32.2. The summed E-state index contributed by atoms with van der Waals surface area (Å²) in [6, 6.07) is 18.9.